The van der Waals surface area contributed by atoms with E-state index in [-0.39, 0.29) is 21.9 Å². The van der Waals surface area contributed by atoms with Crippen molar-refractivity contribution in [2.24, 2.45) is 0 Å². The van der Waals surface area contributed by atoms with Crippen LogP contribution in [0, 0.1) is 10.1 Å². The fourth-order valence-electron chi connectivity index (χ4n) is 2.49. The van der Waals surface area contributed by atoms with Crippen molar-refractivity contribution in [2.75, 3.05) is 21.2 Å². The summed E-state index contributed by atoms with van der Waals surface area (Å²) in [7, 11) is 0.285. The molecule has 1 amide bonds. The average Bonchev–Trinajstić information content (AvgIpc) is 2.67. The molecule has 0 radical (unpaired) electrons. The average molecular weight is 407 g/mol. The third-order valence-electron chi connectivity index (χ3n) is 4.11. The Hall–Kier alpha value is -2.98. The van der Waals surface area contributed by atoms with Gasteiger partial charge in [0.25, 0.3) is 11.6 Å². The van der Waals surface area contributed by atoms with Gasteiger partial charge in [-0.3, -0.25) is 14.9 Å². The van der Waals surface area contributed by atoms with Gasteiger partial charge in [0, 0.05) is 31.8 Å². The van der Waals surface area contributed by atoms with Crippen LogP contribution in [-0.2, 0) is 10.0 Å². The fraction of sp³-hybridized carbons (Fsp3) is 0.278. The number of nitrogens with zero attached hydrogens (tertiary/aromatic N) is 2. The van der Waals surface area contributed by atoms with Crippen LogP contribution in [0.2, 0.25) is 0 Å². The third-order valence-corrected chi connectivity index (χ3v) is 5.95. The molecular weight excluding hydrogens is 386 g/mol. The van der Waals surface area contributed by atoms with E-state index in [0.29, 0.717) is 5.56 Å². The lowest BCUT2D eigenvalue weighted by Gasteiger charge is -2.17. The van der Waals surface area contributed by atoms with E-state index in [1.807, 2.05) is 0 Å². The molecule has 0 heterocycles. The summed E-state index contributed by atoms with van der Waals surface area (Å²) in [5.41, 5.74) is 0.595. The number of sulfonamides is 1. The van der Waals surface area contributed by atoms with Crippen LogP contribution in [0.15, 0.2) is 47.4 Å². The number of benzene rings is 2. The highest BCUT2D eigenvalue weighted by molar-refractivity contribution is 7.89. The maximum atomic E-state index is 12.6. The van der Waals surface area contributed by atoms with E-state index in [0.717, 1.165) is 4.31 Å². The summed E-state index contributed by atoms with van der Waals surface area (Å²) in [6, 6.07) is 9.50. The minimum atomic E-state index is -3.82. The molecule has 2 aromatic rings. The second kappa shape index (κ2) is 8.36. The summed E-state index contributed by atoms with van der Waals surface area (Å²) in [5.74, 6) is -0.395. The van der Waals surface area contributed by atoms with Crippen molar-refractivity contribution >= 4 is 21.6 Å². The van der Waals surface area contributed by atoms with Crippen molar-refractivity contribution in [1.29, 1.82) is 0 Å². The Morgan fingerprint density at radius 2 is 1.89 bits per heavy atom. The zero-order chi connectivity index (χ0) is 21.1. The van der Waals surface area contributed by atoms with Gasteiger partial charge in [-0.25, -0.2) is 12.7 Å². The molecule has 9 nitrogen and oxygen atoms in total. The van der Waals surface area contributed by atoms with Gasteiger partial charge >= 0.3 is 0 Å². The Kier molecular flexibility index (Phi) is 6.37. The van der Waals surface area contributed by atoms with Crippen LogP contribution in [0.5, 0.6) is 5.75 Å². The Morgan fingerprint density at radius 1 is 1.21 bits per heavy atom. The molecule has 0 spiro atoms. The van der Waals surface area contributed by atoms with E-state index in [2.05, 4.69) is 5.32 Å². The zero-order valence-electron chi connectivity index (χ0n) is 15.9. The van der Waals surface area contributed by atoms with E-state index < -0.39 is 26.9 Å². The first-order valence-electron chi connectivity index (χ1n) is 8.23. The second-order valence-electron chi connectivity index (χ2n) is 6.20. The maximum Gasteiger partial charge on any atom is 0.269 e. The van der Waals surface area contributed by atoms with Crippen molar-refractivity contribution in [3.8, 4) is 5.75 Å². The topological polar surface area (TPSA) is 119 Å². The molecule has 0 fully saturated rings. The lowest BCUT2D eigenvalue weighted by molar-refractivity contribution is -0.384. The Labute approximate surface area is 163 Å². The smallest absolute Gasteiger partial charge is 0.269 e. The number of ether oxygens (including phenoxy) is 1. The second-order valence-corrected chi connectivity index (χ2v) is 8.32. The molecule has 0 saturated heterocycles. The number of methoxy groups -OCH3 is 1. The van der Waals surface area contributed by atoms with E-state index in [9.17, 15) is 23.3 Å². The van der Waals surface area contributed by atoms with Crippen LogP contribution < -0.4 is 10.1 Å². The van der Waals surface area contributed by atoms with Crippen molar-refractivity contribution in [3.63, 3.8) is 0 Å². The van der Waals surface area contributed by atoms with Gasteiger partial charge in [0.1, 0.15) is 10.6 Å². The Bertz CT molecular complexity index is 1000. The van der Waals surface area contributed by atoms with E-state index in [1.165, 1.54) is 57.6 Å². The number of hydrogen-bond donors (Lipinski definition) is 1. The number of nitro groups is 1. The van der Waals surface area contributed by atoms with Crippen molar-refractivity contribution in [3.05, 3.63) is 63.7 Å². The molecule has 0 aliphatic rings. The number of rotatable bonds is 7. The first kappa shape index (κ1) is 21.3. The zero-order valence-corrected chi connectivity index (χ0v) is 16.7. The van der Waals surface area contributed by atoms with Crippen LogP contribution in [0.3, 0.4) is 0 Å². The molecule has 2 rings (SSSR count). The highest BCUT2D eigenvalue weighted by Gasteiger charge is 2.24. The lowest BCUT2D eigenvalue weighted by Crippen LogP contribution is -2.27. The molecule has 10 heteroatoms. The SMILES string of the molecule is COc1ccc(C(=O)NC(C)c2cccc([N+](=O)[O-])c2)cc1S(=O)(=O)N(C)C. The number of carbonyl (C=O) groups is 1. The molecule has 1 atom stereocenters. The predicted molar refractivity (Wildman–Crippen MR) is 103 cm³/mol. The number of carbonyl (C=O) groups excluding carboxylic acids is 1. The molecule has 1 N–H and O–H groups in total. The predicted octanol–water partition coefficient (Wildman–Crippen LogP) is 2.34. The van der Waals surface area contributed by atoms with Gasteiger partial charge < -0.3 is 10.1 Å². The van der Waals surface area contributed by atoms with Crippen molar-refractivity contribution in [1.82, 2.24) is 9.62 Å². The van der Waals surface area contributed by atoms with Crippen molar-refractivity contribution < 1.29 is 22.9 Å². The molecular formula is C18H21N3O6S. The first-order valence-corrected chi connectivity index (χ1v) is 9.67. The lowest BCUT2D eigenvalue weighted by atomic mass is 10.1. The number of non-ortho nitro benzene ring substituents is 1. The maximum absolute atomic E-state index is 12.6. The van der Waals surface area contributed by atoms with Crippen LogP contribution in [-0.4, -0.2) is 44.8 Å². The molecule has 28 heavy (non-hydrogen) atoms. The number of hydrogen-bond acceptors (Lipinski definition) is 6. The number of amides is 1. The molecule has 0 aliphatic carbocycles. The monoisotopic (exact) mass is 407 g/mol. The van der Waals surface area contributed by atoms with Gasteiger partial charge in [-0.15, -0.1) is 0 Å². The van der Waals surface area contributed by atoms with E-state index in [1.54, 1.807) is 13.0 Å². The molecule has 0 bridgehead atoms. The molecule has 0 aliphatic heterocycles. The largest absolute Gasteiger partial charge is 0.495 e. The van der Waals surface area contributed by atoms with Crippen LogP contribution in [0.1, 0.15) is 28.9 Å². The van der Waals surface area contributed by atoms with Gasteiger partial charge in [-0.1, -0.05) is 12.1 Å². The molecule has 2 aromatic carbocycles. The summed E-state index contributed by atoms with van der Waals surface area (Å²) < 4.78 is 31.1. The minimum absolute atomic E-state index is 0.0811. The normalized spacial score (nSPS) is 12.5. The summed E-state index contributed by atoms with van der Waals surface area (Å²) in [4.78, 5) is 22.9. The highest BCUT2D eigenvalue weighted by atomic mass is 32.2. The van der Waals surface area contributed by atoms with Crippen LogP contribution >= 0.6 is 0 Å². The van der Waals surface area contributed by atoms with Gasteiger partial charge in [-0.2, -0.15) is 0 Å². The van der Waals surface area contributed by atoms with Crippen LogP contribution in [0.4, 0.5) is 5.69 Å². The minimum Gasteiger partial charge on any atom is -0.495 e. The molecule has 0 saturated carbocycles. The van der Waals surface area contributed by atoms with E-state index in [4.69, 9.17) is 4.74 Å². The van der Waals surface area contributed by atoms with Crippen LogP contribution in [0.25, 0.3) is 0 Å². The standard InChI is InChI=1S/C18H21N3O6S/c1-12(13-6-5-7-15(10-13)21(23)24)19-18(22)14-8-9-16(27-4)17(11-14)28(25,26)20(2)3/h5-12H,1-4H3,(H,19,22). The van der Waals surface area contributed by atoms with Gasteiger partial charge in [-0.05, 0) is 30.7 Å². The van der Waals surface area contributed by atoms with Crippen molar-refractivity contribution in [2.45, 2.75) is 17.9 Å². The Morgan fingerprint density at radius 3 is 2.46 bits per heavy atom. The summed E-state index contributed by atoms with van der Waals surface area (Å²) in [6.45, 7) is 1.68. The summed E-state index contributed by atoms with van der Waals surface area (Å²) in [5, 5.41) is 13.6. The quantitative estimate of drug-likeness (QED) is 0.556. The van der Waals surface area contributed by atoms with E-state index >= 15 is 0 Å². The van der Waals surface area contributed by atoms with Gasteiger partial charge in [0.05, 0.1) is 18.1 Å². The molecule has 0 aromatic heterocycles. The Balaban J connectivity index is 2.32. The summed E-state index contributed by atoms with van der Waals surface area (Å²) in [6.07, 6.45) is 0. The number of nitrogens with one attached hydrogen (secondary N) is 1. The molecule has 150 valence electrons. The first-order chi connectivity index (χ1) is 13.1. The fourth-order valence-corrected chi connectivity index (χ4v) is 3.56. The molecule has 1 unspecified atom stereocenters. The third kappa shape index (κ3) is 4.46. The number of nitro benzene ring substituents is 1. The van der Waals surface area contributed by atoms with Gasteiger partial charge in [0.15, 0.2) is 0 Å². The highest BCUT2D eigenvalue weighted by Crippen LogP contribution is 2.27. The summed E-state index contributed by atoms with van der Waals surface area (Å²) >= 11 is 0. The van der Waals surface area contributed by atoms with Gasteiger partial charge in [0.2, 0.25) is 10.0 Å².